The van der Waals surface area contributed by atoms with E-state index in [1.54, 1.807) is 7.11 Å². The summed E-state index contributed by atoms with van der Waals surface area (Å²) in [6.07, 6.45) is 2.59. The van der Waals surface area contributed by atoms with Crippen molar-refractivity contribution in [2.75, 3.05) is 26.9 Å². The third-order valence-corrected chi connectivity index (χ3v) is 4.03. The summed E-state index contributed by atoms with van der Waals surface area (Å²) < 4.78 is 10.9. The molecule has 1 aliphatic heterocycles. The second kappa shape index (κ2) is 4.72. The molecule has 0 spiro atoms. The second-order valence-electron chi connectivity index (χ2n) is 5.27. The van der Waals surface area contributed by atoms with E-state index >= 15 is 0 Å². The normalized spacial score (nSPS) is 21.4. The second-order valence-corrected chi connectivity index (χ2v) is 5.71. The van der Waals surface area contributed by atoms with Gasteiger partial charge in [-0.2, -0.15) is 0 Å². The molecule has 0 radical (unpaired) electrons. The molecule has 0 aromatic heterocycles. The predicted molar refractivity (Wildman–Crippen MR) is 71.5 cm³/mol. The summed E-state index contributed by atoms with van der Waals surface area (Å²) in [6.45, 7) is 2.42. The van der Waals surface area contributed by atoms with Crippen LogP contribution in [0.1, 0.15) is 18.4 Å². The number of methoxy groups -OCH3 is 1. The highest BCUT2D eigenvalue weighted by atomic mass is 35.5. The summed E-state index contributed by atoms with van der Waals surface area (Å²) in [5, 5.41) is 4.34. The van der Waals surface area contributed by atoms with Crippen LogP contribution in [-0.4, -0.2) is 32.9 Å². The van der Waals surface area contributed by atoms with Crippen molar-refractivity contribution in [2.45, 2.75) is 24.3 Å². The van der Waals surface area contributed by atoms with Gasteiger partial charge in [-0.25, -0.2) is 0 Å². The van der Waals surface area contributed by atoms with Crippen molar-refractivity contribution in [3.63, 3.8) is 0 Å². The Morgan fingerprint density at radius 2 is 2.22 bits per heavy atom. The SMILES string of the molecule is COc1ccc(Cl)cc1C1(CNC2CC2)COC1. The van der Waals surface area contributed by atoms with Crippen LogP contribution in [0.25, 0.3) is 0 Å². The number of nitrogens with one attached hydrogen (secondary N) is 1. The van der Waals surface area contributed by atoms with Gasteiger partial charge < -0.3 is 14.8 Å². The fourth-order valence-electron chi connectivity index (χ4n) is 2.42. The van der Waals surface area contributed by atoms with Crippen LogP contribution in [-0.2, 0) is 10.2 Å². The van der Waals surface area contributed by atoms with E-state index in [0.29, 0.717) is 6.04 Å². The van der Waals surface area contributed by atoms with Crippen LogP contribution < -0.4 is 10.1 Å². The van der Waals surface area contributed by atoms with E-state index in [1.807, 2.05) is 18.2 Å². The Morgan fingerprint density at radius 1 is 1.44 bits per heavy atom. The fourth-order valence-corrected chi connectivity index (χ4v) is 2.60. The Balaban J connectivity index is 1.86. The lowest BCUT2D eigenvalue weighted by atomic mass is 9.78. The number of hydrogen-bond acceptors (Lipinski definition) is 3. The first-order valence-corrected chi connectivity index (χ1v) is 6.76. The lowest BCUT2D eigenvalue weighted by molar-refractivity contribution is -0.0600. The zero-order chi connectivity index (χ0) is 12.6. The van der Waals surface area contributed by atoms with Crippen molar-refractivity contribution in [3.8, 4) is 5.75 Å². The van der Waals surface area contributed by atoms with Crippen molar-refractivity contribution >= 4 is 11.6 Å². The van der Waals surface area contributed by atoms with Crippen LogP contribution >= 0.6 is 11.6 Å². The third kappa shape index (κ3) is 2.22. The molecule has 1 aromatic rings. The first-order chi connectivity index (χ1) is 8.73. The molecule has 1 aromatic carbocycles. The smallest absolute Gasteiger partial charge is 0.122 e. The lowest BCUT2D eigenvalue weighted by Crippen LogP contribution is -2.54. The van der Waals surface area contributed by atoms with Crippen LogP contribution in [0.2, 0.25) is 5.02 Å². The molecule has 0 bridgehead atoms. The van der Waals surface area contributed by atoms with Crippen molar-refractivity contribution in [1.29, 1.82) is 0 Å². The highest BCUT2D eigenvalue weighted by Crippen LogP contribution is 2.39. The number of halogens is 1. The average Bonchev–Trinajstić information content (AvgIpc) is 3.12. The van der Waals surface area contributed by atoms with E-state index in [9.17, 15) is 0 Å². The number of benzene rings is 1. The molecule has 1 saturated carbocycles. The van der Waals surface area contributed by atoms with Gasteiger partial charge in [0.2, 0.25) is 0 Å². The lowest BCUT2D eigenvalue weighted by Gasteiger charge is -2.42. The average molecular weight is 268 g/mol. The minimum Gasteiger partial charge on any atom is -0.496 e. The van der Waals surface area contributed by atoms with Gasteiger partial charge in [0.25, 0.3) is 0 Å². The molecular formula is C14H18ClNO2. The molecule has 0 unspecified atom stereocenters. The third-order valence-electron chi connectivity index (χ3n) is 3.80. The predicted octanol–water partition coefficient (Wildman–Crippen LogP) is 2.37. The maximum absolute atomic E-state index is 6.12. The molecule has 1 heterocycles. The topological polar surface area (TPSA) is 30.5 Å². The molecule has 98 valence electrons. The summed E-state index contributed by atoms with van der Waals surface area (Å²) in [7, 11) is 1.70. The van der Waals surface area contributed by atoms with E-state index in [0.717, 1.165) is 36.1 Å². The molecule has 1 aliphatic carbocycles. The largest absolute Gasteiger partial charge is 0.496 e. The Bertz CT molecular complexity index is 441. The van der Waals surface area contributed by atoms with Crippen LogP contribution in [0.15, 0.2) is 18.2 Å². The molecule has 0 atom stereocenters. The summed E-state index contributed by atoms with van der Waals surface area (Å²) >= 11 is 6.12. The Hall–Kier alpha value is -0.770. The van der Waals surface area contributed by atoms with E-state index in [1.165, 1.54) is 12.8 Å². The van der Waals surface area contributed by atoms with Crippen molar-refractivity contribution in [2.24, 2.45) is 0 Å². The van der Waals surface area contributed by atoms with Crippen molar-refractivity contribution in [3.05, 3.63) is 28.8 Å². The molecule has 4 heteroatoms. The number of ether oxygens (including phenoxy) is 2. The van der Waals surface area contributed by atoms with Gasteiger partial charge in [0.15, 0.2) is 0 Å². The van der Waals surface area contributed by atoms with Crippen molar-refractivity contribution < 1.29 is 9.47 Å². The standard InChI is InChI=1S/C14H18ClNO2/c1-17-13-5-2-10(15)6-12(13)14(8-18-9-14)7-16-11-3-4-11/h2,5-6,11,16H,3-4,7-9H2,1H3. The Labute approximate surface area is 112 Å². The zero-order valence-electron chi connectivity index (χ0n) is 10.5. The van der Waals surface area contributed by atoms with Gasteiger partial charge in [-0.05, 0) is 31.0 Å². The van der Waals surface area contributed by atoms with Gasteiger partial charge >= 0.3 is 0 Å². The van der Waals surface area contributed by atoms with Gasteiger partial charge in [0, 0.05) is 23.2 Å². The van der Waals surface area contributed by atoms with E-state index in [4.69, 9.17) is 21.1 Å². The van der Waals surface area contributed by atoms with Gasteiger partial charge in [-0.15, -0.1) is 0 Å². The number of rotatable bonds is 5. The summed E-state index contributed by atoms with van der Waals surface area (Å²) in [5.41, 5.74) is 1.19. The summed E-state index contributed by atoms with van der Waals surface area (Å²) in [4.78, 5) is 0. The van der Waals surface area contributed by atoms with Gasteiger partial charge in [0.05, 0.1) is 25.7 Å². The molecule has 1 N–H and O–H groups in total. The van der Waals surface area contributed by atoms with E-state index in [-0.39, 0.29) is 5.41 Å². The first kappa shape index (κ1) is 12.3. The van der Waals surface area contributed by atoms with Crippen LogP contribution in [0.5, 0.6) is 5.75 Å². The van der Waals surface area contributed by atoms with Crippen LogP contribution in [0.4, 0.5) is 0 Å². The zero-order valence-corrected chi connectivity index (χ0v) is 11.3. The Morgan fingerprint density at radius 3 is 2.78 bits per heavy atom. The molecule has 0 amide bonds. The van der Waals surface area contributed by atoms with Crippen LogP contribution in [0.3, 0.4) is 0 Å². The van der Waals surface area contributed by atoms with E-state index in [2.05, 4.69) is 5.32 Å². The molecular weight excluding hydrogens is 250 g/mol. The maximum Gasteiger partial charge on any atom is 0.122 e. The summed E-state index contributed by atoms with van der Waals surface area (Å²) in [6, 6.07) is 6.52. The van der Waals surface area contributed by atoms with Gasteiger partial charge in [0.1, 0.15) is 5.75 Å². The Kier molecular flexibility index (Phi) is 3.22. The van der Waals surface area contributed by atoms with Gasteiger partial charge in [-0.1, -0.05) is 11.6 Å². The minimum atomic E-state index is 0.0266. The van der Waals surface area contributed by atoms with Gasteiger partial charge in [-0.3, -0.25) is 0 Å². The molecule has 2 aliphatic rings. The van der Waals surface area contributed by atoms with E-state index < -0.39 is 0 Å². The molecule has 3 nitrogen and oxygen atoms in total. The molecule has 18 heavy (non-hydrogen) atoms. The highest BCUT2D eigenvalue weighted by Gasteiger charge is 2.43. The molecule has 3 rings (SSSR count). The molecule has 1 saturated heterocycles. The monoisotopic (exact) mass is 267 g/mol. The molecule has 2 fully saturated rings. The quantitative estimate of drug-likeness (QED) is 0.889. The first-order valence-electron chi connectivity index (χ1n) is 6.39. The van der Waals surface area contributed by atoms with Crippen molar-refractivity contribution in [1.82, 2.24) is 5.32 Å². The fraction of sp³-hybridized carbons (Fsp3) is 0.571. The minimum absolute atomic E-state index is 0.0266. The highest BCUT2D eigenvalue weighted by molar-refractivity contribution is 6.30. The van der Waals surface area contributed by atoms with Crippen LogP contribution in [0, 0.1) is 0 Å². The number of hydrogen-bond donors (Lipinski definition) is 1. The maximum atomic E-state index is 6.12. The summed E-state index contributed by atoms with van der Waals surface area (Å²) in [5.74, 6) is 0.903.